The number of piperazine rings is 1. The summed E-state index contributed by atoms with van der Waals surface area (Å²) < 4.78 is 11.0. The van der Waals surface area contributed by atoms with Crippen molar-refractivity contribution in [2.45, 2.75) is 6.92 Å². The number of nitrogens with zero attached hydrogens (tertiary/aromatic N) is 1. The summed E-state index contributed by atoms with van der Waals surface area (Å²) in [6, 6.07) is 14.9. The Morgan fingerprint density at radius 1 is 1.03 bits per heavy atom. The summed E-state index contributed by atoms with van der Waals surface area (Å²) in [5.74, 6) is 1.20. The minimum atomic E-state index is -0.214. The summed E-state index contributed by atoms with van der Waals surface area (Å²) in [6.45, 7) is 6.65. The fourth-order valence-electron chi connectivity index (χ4n) is 3.11. The van der Waals surface area contributed by atoms with E-state index in [1.54, 1.807) is 12.1 Å². The van der Waals surface area contributed by atoms with E-state index >= 15 is 0 Å². The van der Waals surface area contributed by atoms with Gasteiger partial charge < -0.3 is 24.6 Å². The number of quaternary nitrogens is 1. The average molecular weight is 415 g/mol. The molecule has 0 aromatic heterocycles. The molecule has 6 nitrogen and oxygen atoms in total. The first-order valence-corrected chi connectivity index (χ1v) is 10.3. The van der Waals surface area contributed by atoms with Crippen LogP contribution in [-0.2, 0) is 4.79 Å². The smallest absolute Gasteiger partial charge is 0.262 e. The van der Waals surface area contributed by atoms with Gasteiger partial charge in [0.1, 0.15) is 16.5 Å². The molecule has 0 spiro atoms. The van der Waals surface area contributed by atoms with E-state index in [0.29, 0.717) is 18.0 Å². The Morgan fingerprint density at radius 3 is 2.24 bits per heavy atom. The normalized spacial score (nSPS) is 14.3. The second-order valence-corrected chi connectivity index (χ2v) is 7.45. The largest absolute Gasteiger partial charge is 0.494 e. The molecule has 0 unspecified atom stereocenters. The molecule has 0 bridgehead atoms. The number of amides is 1. The van der Waals surface area contributed by atoms with Gasteiger partial charge in [0.05, 0.1) is 39.8 Å². The lowest BCUT2D eigenvalue weighted by Crippen LogP contribution is -3.12. The van der Waals surface area contributed by atoms with Crippen LogP contribution in [0.4, 0.5) is 5.69 Å². The lowest BCUT2D eigenvalue weighted by atomic mass is 10.2. The molecule has 0 saturated carbocycles. The molecular weight excluding hydrogens is 386 g/mol. The number of carbonyl (C=O) groups excluding carboxylic acids is 1. The van der Waals surface area contributed by atoms with Gasteiger partial charge in [-0.2, -0.15) is 0 Å². The first kappa shape index (κ1) is 21.1. The summed E-state index contributed by atoms with van der Waals surface area (Å²) in [6.07, 6.45) is 0. The molecule has 1 saturated heterocycles. The standard InChI is InChI=1S/C22H27N3O3S/c1-3-27-19-10-6-18(7-11-19)23-21(26)16-28-20-8-4-17(5-9-20)22(29)25-14-12-24(2)13-15-25/h4-11H,3,12-16H2,1-2H3,(H,23,26)/p+1. The van der Waals surface area contributed by atoms with Crippen LogP contribution in [0.5, 0.6) is 11.5 Å². The van der Waals surface area contributed by atoms with Crippen LogP contribution in [0.2, 0.25) is 0 Å². The van der Waals surface area contributed by atoms with Crippen molar-refractivity contribution in [1.82, 2.24) is 4.90 Å². The molecule has 154 valence electrons. The molecule has 2 aromatic rings. The number of thiocarbonyl (C=S) groups is 1. The predicted molar refractivity (Wildman–Crippen MR) is 118 cm³/mol. The number of likely N-dealkylation sites (N-methyl/N-ethyl adjacent to an activating group) is 1. The molecule has 1 amide bonds. The monoisotopic (exact) mass is 414 g/mol. The van der Waals surface area contributed by atoms with Gasteiger partial charge in [0.15, 0.2) is 6.61 Å². The van der Waals surface area contributed by atoms with Crippen molar-refractivity contribution in [3.8, 4) is 11.5 Å². The number of hydrogen-bond donors (Lipinski definition) is 2. The number of rotatable bonds is 7. The molecule has 1 aliphatic rings. The quantitative estimate of drug-likeness (QED) is 0.675. The Hall–Kier alpha value is -2.64. The number of anilines is 1. The van der Waals surface area contributed by atoms with Crippen molar-refractivity contribution in [3.63, 3.8) is 0 Å². The van der Waals surface area contributed by atoms with E-state index < -0.39 is 0 Å². The highest BCUT2D eigenvalue weighted by Crippen LogP contribution is 2.17. The molecule has 3 rings (SSSR count). The highest BCUT2D eigenvalue weighted by atomic mass is 32.1. The van der Waals surface area contributed by atoms with Gasteiger partial charge in [0.2, 0.25) is 0 Å². The molecular formula is C22H28N3O3S+. The molecule has 1 aliphatic heterocycles. The number of benzene rings is 2. The van der Waals surface area contributed by atoms with Crippen molar-refractivity contribution in [1.29, 1.82) is 0 Å². The van der Waals surface area contributed by atoms with Crippen LogP contribution >= 0.6 is 12.2 Å². The maximum atomic E-state index is 12.1. The summed E-state index contributed by atoms with van der Waals surface area (Å²) in [4.78, 5) is 16.8. The Balaban J connectivity index is 1.47. The van der Waals surface area contributed by atoms with Gasteiger partial charge in [-0.3, -0.25) is 4.79 Å². The first-order valence-electron chi connectivity index (χ1n) is 9.91. The lowest BCUT2D eigenvalue weighted by molar-refractivity contribution is -0.883. The van der Waals surface area contributed by atoms with E-state index in [1.165, 1.54) is 4.90 Å². The van der Waals surface area contributed by atoms with Gasteiger partial charge in [0.25, 0.3) is 5.91 Å². The molecule has 7 heteroatoms. The van der Waals surface area contributed by atoms with Crippen molar-refractivity contribution < 1.29 is 19.2 Å². The zero-order valence-electron chi connectivity index (χ0n) is 16.9. The highest BCUT2D eigenvalue weighted by Gasteiger charge is 2.19. The molecule has 0 aliphatic carbocycles. The summed E-state index contributed by atoms with van der Waals surface area (Å²) in [5, 5.41) is 2.81. The van der Waals surface area contributed by atoms with Crippen LogP contribution in [-0.4, -0.2) is 62.2 Å². The molecule has 0 atom stereocenters. The first-order chi connectivity index (χ1) is 14.0. The van der Waals surface area contributed by atoms with E-state index in [9.17, 15) is 4.79 Å². The Morgan fingerprint density at radius 2 is 1.62 bits per heavy atom. The van der Waals surface area contributed by atoms with Crippen molar-refractivity contribution in [2.24, 2.45) is 0 Å². The topological polar surface area (TPSA) is 55.2 Å². The highest BCUT2D eigenvalue weighted by molar-refractivity contribution is 7.80. The van der Waals surface area contributed by atoms with Crippen LogP contribution in [0.15, 0.2) is 48.5 Å². The van der Waals surface area contributed by atoms with Gasteiger partial charge in [-0.05, 0) is 55.5 Å². The summed E-state index contributed by atoms with van der Waals surface area (Å²) in [7, 11) is 2.21. The molecule has 2 aromatic carbocycles. The third kappa shape index (κ3) is 6.17. The van der Waals surface area contributed by atoms with Crippen molar-refractivity contribution in [3.05, 3.63) is 54.1 Å². The van der Waals surface area contributed by atoms with Gasteiger partial charge >= 0.3 is 0 Å². The summed E-state index contributed by atoms with van der Waals surface area (Å²) in [5.41, 5.74) is 1.71. The number of carbonyl (C=O) groups is 1. The maximum absolute atomic E-state index is 12.1. The van der Waals surface area contributed by atoms with E-state index in [-0.39, 0.29) is 12.5 Å². The van der Waals surface area contributed by atoms with E-state index in [0.717, 1.165) is 42.5 Å². The average Bonchev–Trinajstić information content (AvgIpc) is 2.74. The van der Waals surface area contributed by atoms with Gasteiger partial charge in [-0.1, -0.05) is 12.2 Å². The van der Waals surface area contributed by atoms with Crippen LogP contribution in [0, 0.1) is 0 Å². The summed E-state index contributed by atoms with van der Waals surface area (Å²) >= 11 is 5.63. The Kier molecular flexibility index (Phi) is 7.43. The molecule has 1 fully saturated rings. The molecule has 0 radical (unpaired) electrons. The zero-order chi connectivity index (χ0) is 20.6. The second-order valence-electron chi connectivity index (χ2n) is 7.07. The third-order valence-corrected chi connectivity index (χ3v) is 5.32. The van der Waals surface area contributed by atoms with Crippen molar-refractivity contribution >= 4 is 28.8 Å². The van der Waals surface area contributed by atoms with Gasteiger partial charge in [0, 0.05) is 11.3 Å². The molecule has 2 N–H and O–H groups in total. The minimum absolute atomic E-state index is 0.0573. The minimum Gasteiger partial charge on any atom is -0.494 e. The van der Waals surface area contributed by atoms with E-state index in [1.807, 2.05) is 43.3 Å². The van der Waals surface area contributed by atoms with Crippen LogP contribution < -0.4 is 19.7 Å². The van der Waals surface area contributed by atoms with E-state index in [4.69, 9.17) is 21.7 Å². The second kappa shape index (κ2) is 10.2. The number of nitrogens with one attached hydrogen (secondary N) is 2. The fourth-order valence-corrected chi connectivity index (χ4v) is 3.43. The number of ether oxygens (including phenoxy) is 2. The molecule has 29 heavy (non-hydrogen) atoms. The fraction of sp³-hybridized carbons (Fsp3) is 0.364. The van der Waals surface area contributed by atoms with Crippen LogP contribution in [0.3, 0.4) is 0 Å². The Labute approximate surface area is 177 Å². The number of hydrogen-bond acceptors (Lipinski definition) is 4. The van der Waals surface area contributed by atoms with Gasteiger partial charge in [-0.15, -0.1) is 0 Å². The van der Waals surface area contributed by atoms with Gasteiger partial charge in [-0.25, -0.2) is 0 Å². The maximum Gasteiger partial charge on any atom is 0.262 e. The van der Waals surface area contributed by atoms with E-state index in [2.05, 4.69) is 17.3 Å². The third-order valence-electron chi connectivity index (χ3n) is 4.82. The Bertz CT molecular complexity index is 816. The zero-order valence-corrected chi connectivity index (χ0v) is 17.8. The predicted octanol–water partition coefficient (Wildman–Crippen LogP) is 1.61. The van der Waals surface area contributed by atoms with Crippen molar-refractivity contribution in [2.75, 3.05) is 51.8 Å². The molecule has 1 heterocycles. The van der Waals surface area contributed by atoms with Crippen LogP contribution in [0.1, 0.15) is 12.5 Å². The van der Waals surface area contributed by atoms with Crippen LogP contribution in [0.25, 0.3) is 0 Å². The lowest BCUT2D eigenvalue weighted by Gasteiger charge is -2.32. The SMILES string of the molecule is CCOc1ccc(NC(=O)COc2ccc(C(=S)N3CC[NH+](C)CC3)cc2)cc1.